The number of methoxy groups -OCH3 is 1. The quantitative estimate of drug-likeness (QED) is 0.631. The minimum Gasteiger partial charge on any atom is -0.474 e. The van der Waals surface area contributed by atoms with Gasteiger partial charge in [0.25, 0.3) is 0 Å². The van der Waals surface area contributed by atoms with E-state index in [1.54, 1.807) is 12.1 Å². The Morgan fingerprint density at radius 2 is 2.11 bits per heavy atom. The predicted molar refractivity (Wildman–Crippen MR) is 73.3 cm³/mol. The average molecular weight is 302 g/mol. The first-order valence-electron chi connectivity index (χ1n) is 5.74. The molecule has 1 aliphatic heterocycles. The Morgan fingerprint density at radius 1 is 1.42 bits per heavy atom. The molecule has 0 spiro atoms. The van der Waals surface area contributed by atoms with Crippen molar-refractivity contribution >= 4 is 35.0 Å². The number of allylic oxidation sites excluding steroid dienone is 1. The molecular weight excluding hydrogens is 289 g/mol. The predicted octanol–water partition coefficient (Wildman–Crippen LogP) is 3.41. The number of hydrogen-bond donors (Lipinski definition) is 0. The molecule has 0 bridgehead atoms. The van der Waals surface area contributed by atoms with Gasteiger partial charge in [-0.3, -0.25) is 4.79 Å². The third kappa shape index (κ3) is 3.33. The second-order valence-electron chi connectivity index (χ2n) is 3.99. The van der Waals surface area contributed by atoms with Crippen LogP contribution >= 0.6 is 23.4 Å². The van der Waals surface area contributed by atoms with Crippen molar-refractivity contribution in [2.45, 2.75) is 12.8 Å². The molecule has 1 aromatic rings. The van der Waals surface area contributed by atoms with Crippen LogP contribution in [0.3, 0.4) is 0 Å². The highest BCUT2D eigenvalue weighted by Crippen LogP contribution is 2.33. The molecule has 0 saturated heterocycles. The summed E-state index contributed by atoms with van der Waals surface area (Å²) < 4.78 is 11.6. The summed E-state index contributed by atoms with van der Waals surface area (Å²) >= 11 is 12.0. The van der Waals surface area contributed by atoms with E-state index in [0.29, 0.717) is 17.2 Å². The number of halogens is 2. The van der Waals surface area contributed by atoms with Crippen LogP contribution in [-0.4, -0.2) is 24.2 Å². The third-order valence-electron chi connectivity index (χ3n) is 2.76. The van der Waals surface area contributed by atoms with Crippen LogP contribution in [0.4, 0.5) is 0 Å². The van der Waals surface area contributed by atoms with Gasteiger partial charge >= 0.3 is 5.97 Å². The maximum absolute atomic E-state index is 11.2. The van der Waals surface area contributed by atoms with Gasteiger partial charge in [0.2, 0.25) is 0 Å². The summed E-state index contributed by atoms with van der Waals surface area (Å²) in [5, 5.41) is 0.653. The fourth-order valence-corrected chi connectivity index (χ4v) is 2.19. The van der Waals surface area contributed by atoms with Crippen molar-refractivity contribution in [2.75, 3.05) is 13.8 Å². The number of hydrogen-bond acceptors (Lipinski definition) is 4. The molecule has 0 amide bonds. The number of nitrogens with zero attached hydrogens (tertiary/aromatic N) is 1. The van der Waals surface area contributed by atoms with Gasteiger partial charge in [0.1, 0.15) is 11.5 Å². The van der Waals surface area contributed by atoms with Gasteiger partial charge in [-0.15, -0.1) is 0 Å². The van der Waals surface area contributed by atoms with Crippen molar-refractivity contribution in [3.8, 4) is 0 Å². The average Bonchev–Trinajstić information content (AvgIpc) is 2.78. The summed E-state index contributed by atoms with van der Waals surface area (Å²) in [6, 6.07) is 7.29. The Labute approximate surface area is 121 Å². The summed E-state index contributed by atoms with van der Waals surface area (Å²) in [5.74, 6) is 0.405. The molecule has 1 heterocycles. The maximum Gasteiger partial charge on any atom is 0.305 e. The van der Waals surface area contributed by atoms with Gasteiger partial charge in [-0.25, -0.2) is 4.42 Å². The van der Waals surface area contributed by atoms with Crippen LogP contribution in [0.2, 0.25) is 5.02 Å². The van der Waals surface area contributed by atoms with Crippen molar-refractivity contribution in [2.24, 2.45) is 0 Å². The first kappa shape index (κ1) is 14.0. The maximum atomic E-state index is 11.2. The summed E-state index contributed by atoms with van der Waals surface area (Å²) in [5.41, 5.74) is 1.67. The van der Waals surface area contributed by atoms with E-state index in [1.165, 1.54) is 11.5 Å². The molecule has 0 N–H and O–H groups in total. The summed E-state index contributed by atoms with van der Waals surface area (Å²) in [6.07, 6.45) is 0.710. The molecule has 4 nitrogen and oxygen atoms in total. The van der Waals surface area contributed by atoms with Crippen LogP contribution in [0.5, 0.6) is 0 Å². The van der Waals surface area contributed by atoms with Crippen LogP contribution in [0, 0.1) is 0 Å². The lowest BCUT2D eigenvalue weighted by atomic mass is 10.1. The Bertz CT molecular complexity index is 499. The second-order valence-corrected chi connectivity index (χ2v) is 4.83. The number of rotatable bonds is 4. The zero-order valence-electron chi connectivity index (χ0n) is 10.4. The van der Waals surface area contributed by atoms with E-state index in [1.807, 2.05) is 12.1 Å². The Balaban J connectivity index is 2.21. The lowest BCUT2D eigenvalue weighted by Crippen LogP contribution is -2.05. The topological polar surface area (TPSA) is 38.8 Å². The van der Waals surface area contributed by atoms with Crippen molar-refractivity contribution in [3.05, 3.63) is 40.6 Å². The van der Waals surface area contributed by atoms with Gasteiger partial charge in [-0.2, -0.15) is 0 Å². The SMILES string of the molecule is COC(=O)CCC1=C(c2ccc(Cl)cc2)N(Cl)CO1. The lowest BCUT2D eigenvalue weighted by Gasteiger charge is -2.10. The highest BCUT2D eigenvalue weighted by atomic mass is 35.5. The molecule has 1 aliphatic rings. The highest BCUT2D eigenvalue weighted by Gasteiger charge is 2.24. The van der Waals surface area contributed by atoms with E-state index in [9.17, 15) is 4.79 Å². The molecule has 102 valence electrons. The molecular formula is C13H13Cl2NO3. The van der Waals surface area contributed by atoms with Crippen LogP contribution < -0.4 is 0 Å². The second kappa shape index (κ2) is 6.17. The molecule has 0 aliphatic carbocycles. The van der Waals surface area contributed by atoms with E-state index in [0.717, 1.165) is 11.3 Å². The smallest absolute Gasteiger partial charge is 0.305 e. The van der Waals surface area contributed by atoms with Gasteiger partial charge in [0, 0.05) is 28.8 Å². The first-order valence-corrected chi connectivity index (χ1v) is 6.45. The molecule has 1 aromatic carbocycles. The summed E-state index contributed by atoms with van der Waals surface area (Å²) in [6.45, 7) is 0.260. The van der Waals surface area contributed by atoms with Gasteiger partial charge in [0.15, 0.2) is 6.73 Å². The van der Waals surface area contributed by atoms with Crippen molar-refractivity contribution < 1.29 is 14.3 Å². The van der Waals surface area contributed by atoms with Gasteiger partial charge < -0.3 is 9.47 Å². The van der Waals surface area contributed by atoms with Crippen molar-refractivity contribution in [1.29, 1.82) is 0 Å². The number of carbonyl (C=O) groups excluding carboxylic acids is 1. The van der Waals surface area contributed by atoms with E-state index < -0.39 is 0 Å². The Hall–Kier alpha value is -1.39. The van der Waals surface area contributed by atoms with E-state index in [-0.39, 0.29) is 19.1 Å². The van der Waals surface area contributed by atoms with Crippen LogP contribution in [-0.2, 0) is 14.3 Å². The minimum absolute atomic E-state index is 0.258. The Kier molecular flexibility index (Phi) is 4.56. The number of ether oxygens (including phenoxy) is 2. The molecule has 19 heavy (non-hydrogen) atoms. The van der Waals surface area contributed by atoms with Crippen LogP contribution in [0.15, 0.2) is 30.0 Å². The zero-order chi connectivity index (χ0) is 13.8. The minimum atomic E-state index is -0.278. The fraction of sp³-hybridized carbons (Fsp3) is 0.308. The molecule has 0 unspecified atom stereocenters. The van der Waals surface area contributed by atoms with Crippen LogP contribution in [0.25, 0.3) is 5.70 Å². The molecule has 0 saturated carbocycles. The van der Waals surface area contributed by atoms with Crippen LogP contribution in [0.1, 0.15) is 18.4 Å². The molecule has 0 atom stereocenters. The van der Waals surface area contributed by atoms with Gasteiger partial charge in [-0.1, -0.05) is 23.7 Å². The monoisotopic (exact) mass is 301 g/mol. The largest absolute Gasteiger partial charge is 0.474 e. The lowest BCUT2D eigenvalue weighted by molar-refractivity contribution is -0.140. The fourth-order valence-electron chi connectivity index (χ4n) is 1.82. The third-order valence-corrected chi connectivity index (χ3v) is 3.28. The number of benzene rings is 1. The molecule has 0 radical (unpaired) electrons. The first-order chi connectivity index (χ1) is 9.11. The van der Waals surface area contributed by atoms with Crippen molar-refractivity contribution in [1.82, 2.24) is 4.42 Å². The van der Waals surface area contributed by atoms with Crippen molar-refractivity contribution in [3.63, 3.8) is 0 Å². The van der Waals surface area contributed by atoms with E-state index in [2.05, 4.69) is 4.74 Å². The normalized spacial score (nSPS) is 14.6. The highest BCUT2D eigenvalue weighted by molar-refractivity contribution is 6.30. The van der Waals surface area contributed by atoms with E-state index >= 15 is 0 Å². The molecule has 0 aromatic heterocycles. The zero-order valence-corrected chi connectivity index (χ0v) is 11.9. The molecule has 2 rings (SSSR count). The van der Waals surface area contributed by atoms with Gasteiger partial charge in [0.05, 0.1) is 13.5 Å². The van der Waals surface area contributed by atoms with Gasteiger partial charge in [-0.05, 0) is 12.1 Å². The standard InChI is InChI=1S/C13H13Cl2NO3/c1-18-12(17)7-6-11-13(16(15)8-19-11)9-2-4-10(14)5-3-9/h2-5H,6-8H2,1H3. The summed E-state index contributed by atoms with van der Waals surface area (Å²) in [7, 11) is 1.36. The molecule has 0 fully saturated rings. The summed E-state index contributed by atoms with van der Waals surface area (Å²) in [4.78, 5) is 11.2. The molecule has 6 heteroatoms. The van der Waals surface area contributed by atoms with E-state index in [4.69, 9.17) is 28.1 Å². The number of carbonyl (C=O) groups is 1. The number of esters is 1. The Morgan fingerprint density at radius 3 is 2.74 bits per heavy atom.